The minimum atomic E-state index is -0.644. The van der Waals surface area contributed by atoms with Crippen molar-refractivity contribution < 1.29 is 13.9 Å². The predicted octanol–water partition coefficient (Wildman–Crippen LogP) is 7.35. The third-order valence-corrected chi connectivity index (χ3v) is 7.17. The summed E-state index contributed by atoms with van der Waals surface area (Å²) in [4.78, 5) is 14.4. The van der Waals surface area contributed by atoms with Gasteiger partial charge in [0.2, 0.25) is 0 Å². The maximum atomic E-state index is 14.2. The number of ether oxygens (including phenoxy) is 1. The Kier molecular flexibility index (Phi) is 9.38. The molecule has 192 valence electrons. The van der Waals surface area contributed by atoms with E-state index in [9.17, 15) is 9.18 Å². The van der Waals surface area contributed by atoms with Gasteiger partial charge >= 0.3 is 5.97 Å². The van der Waals surface area contributed by atoms with Gasteiger partial charge in [-0.15, -0.1) is 0 Å². The van der Waals surface area contributed by atoms with Crippen LogP contribution in [-0.2, 0) is 17.6 Å². The predicted molar refractivity (Wildman–Crippen MR) is 149 cm³/mol. The molecular weight excluding hydrogens is 461 g/mol. The summed E-state index contributed by atoms with van der Waals surface area (Å²) in [6, 6.07) is 22.1. The minimum Gasteiger partial charge on any atom is -0.465 e. The van der Waals surface area contributed by atoms with Crippen LogP contribution in [0.15, 0.2) is 66.7 Å². The number of anilines is 1. The van der Waals surface area contributed by atoms with Gasteiger partial charge in [-0.2, -0.15) is 0 Å². The highest BCUT2D eigenvalue weighted by atomic mass is 19.1. The molecule has 0 aliphatic heterocycles. The maximum absolute atomic E-state index is 14.2. The van der Waals surface area contributed by atoms with Crippen LogP contribution >= 0.6 is 0 Å². The molecule has 4 rings (SSSR count). The van der Waals surface area contributed by atoms with E-state index in [-0.39, 0.29) is 5.56 Å². The number of benzene rings is 3. The first-order valence-electron chi connectivity index (χ1n) is 13.4. The second kappa shape index (κ2) is 13.1. The van der Waals surface area contributed by atoms with Crippen LogP contribution in [0.25, 0.3) is 0 Å². The zero-order chi connectivity index (χ0) is 26.0. The van der Waals surface area contributed by atoms with Gasteiger partial charge < -0.3 is 9.64 Å². The van der Waals surface area contributed by atoms with E-state index in [0.717, 1.165) is 49.0 Å². The fraction of sp³-hybridized carbons (Fsp3) is 0.364. The lowest BCUT2D eigenvalue weighted by Crippen LogP contribution is -2.35. The second-order valence-electron chi connectivity index (χ2n) is 9.78. The molecule has 0 spiro atoms. The highest BCUT2D eigenvalue weighted by molar-refractivity contribution is 5.90. The van der Waals surface area contributed by atoms with E-state index in [1.54, 1.807) is 12.1 Å². The molecule has 3 aromatic rings. The summed E-state index contributed by atoms with van der Waals surface area (Å²) >= 11 is 0. The van der Waals surface area contributed by atoms with E-state index in [4.69, 9.17) is 4.74 Å². The number of aryl methyl sites for hydroxylation is 1. The number of halogens is 1. The number of carbonyl (C=O) groups is 1. The fourth-order valence-electron chi connectivity index (χ4n) is 4.98. The molecule has 1 saturated carbocycles. The Balaban J connectivity index is 1.42. The van der Waals surface area contributed by atoms with Crippen LogP contribution in [0.1, 0.15) is 78.1 Å². The molecule has 1 aliphatic rings. The molecule has 0 heterocycles. The molecule has 37 heavy (non-hydrogen) atoms. The fourth-order valence-corrected chi connectivity index (χ4v) is 4.98. The Labute approximate surface area is 220 Å². The average Bonchev–Trinajstić information content (AvgIpc) is 3.47. The van der Waals surface area contributed by atoms with Crippen LogP contribution in [0.3, 0.4) is 0 Å². The topological polar surface area (TPSA) is 29.5 Å². The number of rotatable bonds is 9. The number of carbonyl (C=O) groups excluding carboxylic acids is 1. The second-order valence-corrected chi connectivity index (χ2v) is 9.78. The molecule has 0 aromatic heterocycles. The standard InChI is InChI=1S/C33H36FNO2/c1-3-4-7-25-10-12-26(13-11-25)14-15-27-16-18-28(19-17-27)22-23-35(29-8-5-6-9-29)30-20-21-32(34)31(24-30)33(36)37-2/h10-13,16-21,24,29H,3-9,22-23H2,1-2H3. The van der Waals surface area contributed by atoms with E-state index in [1.165, 1.54) is 50.0 Å². The minimum absolute atomic E-state index is 0.0125. The summed E-state index contributed by atoms with van der Waals surface area (Å²) < 4.78 is 19.0. The number of hydrogen-bond acceptors (Lipinski definition) is 3. The molecular formula is C33H36FNO2. The van der Waals surface area contributed by atoms with Gasteiger partial charge in [0.15, 0.2) is 0 Å². The van der Waals surface area contributed by atoms with Gasteiger partial charge in [-0.1, -0.05) is 62.3 Å². The summed E-state index contributed by atoms with van der Waals surface area (Å²) in [5.74, 6) is 5.35. The van der Waals surface area contributed by atoms with E-state index >= 15 is 0 Å². The molecule has 3 aromatic carbocycles. The van der Waals surface area contributed by atoms with Gasteiger partial charge in [0, 0.05) is 29.4 Å². The monoisotopic (exact) mass is 497 g/mol. The summed E-state index contributed by atoms with van der Waals surface area (Å²) in [7, 11) is 1.28. The van der Waals surface area contributed by atoms with Crippen LogP contribution in [0, 0.1) is 17.7 Å². The van der Waals surface area contributed by atoms with E-state index < -0.39 is 11.8 Å². The zero-order valence-electron chi connectivity index (χ0n) is 21.9. The molecule has 0 radical (unpaired) electrons. The lowest BCUT2D eigenvalue weighted by atomic mass is 10.1. The van der Waals surface area contributed by atoms with Crippen LogP contribution in [0.4, 0.5) is 10.1 Å². The van der Waals surface area contributed by atoms with Crippen molar-refractivity contribution in [1.82, 2.24) is 0 Å². The van der Waals surface area contributed by atoms with Crippen LogP contribution in [0.2, 0.25) is 0 Å². The molecule has 1 aliphatic carbocycles. The largest absolute Gasteiger partial charge is 0.465 e. The van der Waals surface area contributed by atoms with Crippen molar-refractivity contribution in [2.75, 3.05) is 18.6 Å². The Morgan fingerprint density at radius 2 is 1.51 bits per heavy atom. The highest BCUT2D eigenvalue weighted by Crippen LogP contribution is 2.30. The Morgan fingerprint density at radius 3 is 2.08 bits per heavy atom. The summed E-state index contributed by atoms with van der Waals surface area (Å²) in [6.45, 7) is 3.01. The molecule has 0 N–H and O–H groups in total. The number of methoxy groups -OCH3 is 1. The molecule has 4 heteroatoms. The average molecular weight is 498 g/mol. The van der Waals surface area contributed by atoms with Crippen molar-refractivity contribution in [3.63, 3.8) is 0 Å². The van der Waals surface area contributed by atoms with Crippen LogP contribution in [0.5, 0.6) is 0 Å². The van der Waals surface area contributed by atoms with Crippen molar-refractivity contribution in [2.45, 2.75) is 64.3 Å². The van der Waals surface area contributed by atoms with Crippen molar-refractivity contribution in [2.24, 2.45) is 0 Å². The van der Waals surface area contributed by atoms with E-state index in [2.05, 4.69) is 72.2 Å². The van der Waals surface area contributed by atoms with E-state index in [1.807, 2.05) is 0 Å². The molecule has 0 unspecified atom stereocenters. The molecule has 0 bridgehead atoms. The number of hydrogen-bond donors (Lipinski definition) is 0. The summed E-state index contributed by atoms with van der Waals surface area (Å²) in [5, 5.41) is 0. The molecule has 0 saturated heterocycles. The van der Waals surface area contributed by atoms with Gasteiger partial charge in [0.05, 0.1) is 12.7 Å². The molecule has 3 nitrogen and oxygen atoms in total. The summed E-state index contributed by atoms with van der Waals surface area (Å²) in [6.07, 6.45) is 9.01. The third kappa shape index (κ3) is 7.23. The zero-order valence-corrected chi connectivity index (χ0v) is 21.9. The number of unbranched alkanes of at least 4 members (excludes halogenated alkanes) is 1. The van der Waals surface area contributed by atoms with Crippen molar-refractivity contribution in [3.05, 3.63) is 100 Å². The third-order valence-electron chi connectivity index (χ3n) is 7.17. The van der Waals surface area contributed by atoms with Gasteiger partial charge in [-0.25, -0.2) is 9.18 Å². The van der Waals surface area contributed by atoms with Gasteiger partial charge in [0.1, 0.15) is 5.82 Å². The molecule has 1 fully saturated rings. The lowest BCUT2D eigenvalue weighted by Gasteiger charge is -2.31. The SMILES string of the molecule is CCCCc1ccc(C#Cc2ccc(CCN(c3ccc(F)c(C(=O)OC)c3)C3CCCC3)cc2)cc1. The van der Waals surface area contributed by atoms with Crippen molar-refractivity contribution in [3.8, 4) is 11.8 Å². The highest BCUT2D eigenvalue weighted by Gasteiger charge is 2.24. The van der Waals surface area contributed by atoms with Crippen LogP contribution in [-0.4, -0.2) is 25.7 Å². The van der Waals surface area contributed by atoms with Crippen LogP contribution < -0.4 is 4.90 Å². The first kappa shape index (κ1) is 26.5. The Morgan fingerprint density at radius 1 is 0.919 bits per heavy atom. The van der Waals surface area contributed by atoms with E-state index in [0.29, 0.717) is 6.04 Å². The molecule has 0 amide bonds. The quantitative estimate of drug-likeness (QED) is 0.229. The number of nitrogens with zero attached hydrogens (tertiary/aromatic N) is 1. The van der Waals surface area contributed by atoms with Gasteiger partial charge in [0.25, 0.3) is 0 Å². The first-order valence-corrected chi connectivity index (χ1v) is 13.4. The van der Waals surface area contributed by atoms with Crippen molar-refractivity contribution in [1.29, 1.82) is 0 Å². The number of esters is 1. The van der Waals surface area contributed by atoms with Crippen molar-refractivity contribution >= 4 is 11.7 Å². The van der Waals surface area contributed by atoms with Gasteiger partial charge in [-0.3, -0.25) is 0 Å². The Hall–Kier alpha value is -3.58. The normalized spacial score (nSPS) is 13.2. The molecule has 0 atom stereocenters. The van der Waals surface area contributed by atoms with Gasteiger partial charge in [-0.05, 0) is 85.7 Å². The Bertz CT molecular complexity index is 1230. The smallest absolute Gasteiger partial charge is 0.340 e. The summed E-state index contributed by atoms with van der Waals surface area (Å²) in [5.41, 5.74) is 5.47. The lowest BCUT2D eigenvalue weighted by molar-refractivity contribution is 0.0595. The first-order chi connectivity index (χ1) is 18.1. The maximum Gasteiger partial charge on any atom is 0.340 e.